The van der Waals surface area contributed by atoms with Gasteiger partial charge in [-0.25, -0.2) is 0 Å². The summed E-state index contributed by atoms with van der Waals surface area (Å²) in [6.07, 6.45) is 3.49. The van der Waals surface area contributed by atoms with Crippen molar-refractivity contribution >= 4 is 52.3 Å². The SMILES string of the molecule is O=C1N/C(=N\N=C\c2ccco2)S[C@H]1Cc1cc(Cl)ccc1Cl. The van der Waals surface area contributed by atoms with Crippen LogP contribution in [0.5, 0.6) is 0 Å². The highest BCUT2D eigenvalue weighted by atomic mass is 35.5. The van der Waals surface area contributed by atoms with Gasteiger partial charge in [-0.2, -0.15) is 5.10 Å². The molecular weight excluding hydrogens is 357 g/mol. The molecule has 0 unspecified atom stereocenters. The fraction of sp³-hybridized carbons (Fsp3) is 0.133. The third-order valence-electron chi connectivity index (χ3n) is 3.07. The minimum atomic E-state index is -0.316. The van der Waals surface area contributed by atoms with Crippen molar-refractivity contribution in [2.45, 2.75) is 11.7 Å². The molecule has 0 saturated carbocycles. The van der Waals surface area contributed by atoms with Crippen LogP contribution in [0.2, 0.25) is 10.0 Å². The predicted molar refractivity (Wildman–Crippen MR) is 93.4 cm³/mol. The Labute approximate surface area is 146 Å². The number of thioether (sulfide) groups is 1. The molecule has 0 radical (unpaired) electrons. The topological polar surface area (TPSA) is 67.0 Å². The summed E-state index contributed by atoms with van der Waals surface area (Å²) in [6, 6.07) is 8.71. The zero-order chi connectivity index (χ0) is 16.2. The quantitative estimate of drug-likeness (QED) is 0.660. The second kappa shape index (κ2) is 7.21. The maximum Gasteiger partial charge on any atom is 0.239 e. The van der Waals surface area contributed by atoms with Crippen molar-refractivity contribution < 1.29 is 9.21 Å². The van der Waals surface area contributed by atoms with Crippen LogP contribution in [0.15, 0.2) is 51.2 Å². The van der Waals surface area contributed by atoms with E-state index in [-0.39, 0.29) is 11.2 Å². The first-order chi connectivity index (χ1) is 11.1. The molecule has 1 fully saturated rings. The summed E-state index contributed by atoms with van der Waals surface area (Å²) in [5, 5.41) is 11.9. The molecule has 1 aliphatic heterocycles. The molecule has 3 rings (SSSR count). The fourth-order valence-electron chi connectivity index (χ4n) is 1.99. The summed E-state index contributed by atoms with van der Waals surface area (Å²) < 4.78 is 5.10. The molecule has 1 aromatic heterocycles. The molecule has 1 aliphatic rings. The number of hydrogen-bond acceptors (Lipinski definition) is 5. The average Bonchev–Trinajstić information content (AvgIpc) is 3.14. The lowest BCUT2D eigenvalue weighted by atomic mass is 10.1. The first-order valence-corrected chi connectivity index (χ1v) is 8.31. The summed E-state index contributed by atoms with van der Waals surface area (Å²) in [7, 11) is 0. The molecule has 1 saturated heterocycles. The van der Waals surface area contributed by atoms with Crippen molar-refractivity contribution in [3.8, 4) is 0 Å². The van der Waals surface area contributed by atoms with Gasteiger partial charge in [0.1, 0.15) is 5.76 Å². The van der Waals surface area contributed by atoms with Gasteiger partial charge in [0.15, 0.2) is 5.17 Å². The number of amides is 1. The highest BCUT2D eigenvalue weighted by Crippen LogP contribution is 2.28. The Bertz CT molecular complexity index is 775. The van der Waals surface area contributed by atoms with E-state index in [0.29, 0.717) is 27.4 Å². The molecule has 2 heterocycles. The normalized spacial score (nSPS) is 19.7. The fourth-order valence-corrected chi connectivity index (χ4v) is 3.33. The van der Waals surface area contributed by atoms with Crippen molar-refractivity contribution in [2.75, 3.05) is 0 Å². The maximum absolute atomic E-state index is 12.0. The third-order valence-corrected chi connectivity index (χ3v) is 4.74. The summed E-state index contributed by atoms with van der Waals surface area (Å²) in [5.41, 5.74) is 0.826. The molecule has 5 nitrogen and oxygen atoms in total. The Balaban J connectivity index is 1.66. The van der Waals surface area contributed by atoms with Crippen molar-refractivity contribution in [3.63, 3.8) is 0 Å². The second-order valence-corrected chi connectivity index (χ2v) is 6.74. The lowest BCUT2D eigenvalue weighted by Gasteiger charge is -2.07. The van der Waals surface area contributed by atoms with Crippen LogP contribution in [0.1, 0.15) is 11.3 Å². The van der Waals surface area contributed by atoms with E-state index in [0.717, 1.165) is 5.56 Å². The Morgan fingerprint density at radius 3 is 3.00 bits per heavy atom. The number of rotatable bonds is 4. The van der Waals surface area contributed by atoms with Crippen molar-refractivity contribution in [1.82, 2.24) is 5.32 Å². The molecule has 118 valence electrons. The highest BCUT2D eigenvalue weighted by Gasteiger charge is 2.31. The van der Waals surface area contributed by atoms with Crippen LogP contribution in [-0.2, 0) is 11.2 Å². The number of nitrogens with one attached hydrogen (secondary N) is 1. The largest absolute Gasteiger partial charge is 0.463 e. The third kappa shape index (κ3) is 4.16. The number of carbonyl (C=O) groups is 1. The van der Waals surface area contributed by atoms with Gasteiger partial charge in [0.2, 0.25) is 5.91 Å². The van der Waals surface area contributed by atoms with Gasteiger partial charge in [-0.05, 0) is 42.3 Å². The monoisotopic (exact) mass is 367 g/mol. The number of carbonyl (C=O) groups excluding carboxylic acids is 1. The maximum atomic E-state index is 12.0. The lowest BCUT2D eigenvalue weighted by molar-refractivity contribution is -0.118. The molecule has 0 aliphatic carbocycles. The number of hydrogen-bond donors (Lipinski definition) is 1. The van der Waals surface area contributed by atoms with E-state index in [1.54, 1.807) is 36.6 Å². The first kappa shape index (κ1) is 16.1. The molecule has 1 N–H and O–H groups in total. The number of amidine groups is 1. The van der Waals surface area contributed by atoms with Crippen LogP contribution >= 0.6 is 35.0 Å². The molecule has 23 heavy (non-hydrogen) atoms. The smallest absolute Gasteiger partial charge is 0.239 e. The van der Waals surface area contributed by atoms with Crippen LogP contribution in [0.25, 0.3) is 0 Å². The van der Waals surface area contributed by atoms with Crippen molar-refractivity contribution in [1.29, 1.82) is 0 Å². The summed E-state index contributed by atoms with van der Waals surface area (Å²) >= 11 is 13.4. The molecule has 8 heteroatoms. The second-order valence-electron chi connectivity index (χ2n) is 4.70. The zero-order valence-electron chi connectivity index (χ0n) is 11.7. The molecule has 2 aromatic rings. The summed E-state index contributed by atoms with van der Waals surface area (Å²) in [5.74, 6) is 0.462. The van der Waals surface area contributed by atoms with E-state index in [2.05, 4.69) is 15.5 Å². The number of nitrogens with zero attached hydrogens (tertiary/aromatic N) is 2. The Hall–Kier alpha value is -1.76. The van der Waals surface area contributed by atoms with E-state index in [9.17, 15) is 4.79 Å². The van der Waals surface area contributed by atoms with Gasteiger partial charge in [-0.15, -0.1) is 5.10 Å². The standard InChI is InChI=1S/C15H11Cl2N3O2S/c16-10-3-4-12(17)9(6-10)7-13-14(21)19-15(23-13)20-18-8-11-2-1-5-22-11/h1-6,8,13H,7H2,(H,19,20,21)/b18-8+/t13-/m0/s1. The minimum absolute atomic E-state index is 0.127. The van der Waals surface area contributed by atoms with Gasteiger partial charge < -0.3 is 9.73 Å². The van der Waals surface area contributed by atoms with Gasteiger partial charge in [0.05, 0.1) is 17.7 Å². The van der Waals surface area contributed by atoms with Crippen LogP contribution < -0.4 is 5.32 Å². The van der Waals surface area contributed by atoms with Gasteiger partial charge in [0.25, 0.3) is 0 Å². The summed E-state index contributed by atoms with van der Waals surface area (Å²) in [4.78, 5) is 12.0. The van der Waals surface area contributed by atoms with E-state index in [1.807, 2.05) is 0 Å². The molecule has 1 atom stereocenters. The zero-order valence-corrected chi connectivity index (χ0v) is 14.0. The van der Waals surface area contributed by atoms with Crippen LogP contribution in [0.3, 0.4) is 0 Å². The first-order valence-electron chi connectivity index (χ1n) is 6.68. The highest BCUT2D eigenvalue weighted by molar-refractivity contribution is 8.15. The van der Waals surface area contributed by atoms with Crippen molar-refractivity contribution in [3.05, 3.63) is 58.0 Å². The minimum Gasteiger partial charge on any atom is -0.463 e. The molecule has 0 bridgehead atoms. The molecule has 1 amide bonds. The van der Waals surface area contributed by atoms with E-state index < -0.39 is 0 Å². The Morgan fingerprint density at radius 1 is 1.35 bits per heavy atom. The van der Waals surface area contributed by atoms with E-state index in [4.69, 9.17) is 27.6 Å². The van der Waals surface area contributed by atoms with Crippen molar-refractivity contribution in [2.24, 2.45) is 10.2 Å². The van der Waals surface area contributed by atoms with Gasteiger partial charge in [0, 0.05) is 10.0 Å². The van der Waals surface area contributed by atoms with E-state index in [1.165, 1.54) is 18.0 Å². The number of furan rings is 1. The van der Waals surface area contributed by atoms with Crippen LogP contribution in [-0.4, -0.2) is 22.5 Å². The van der Waals surface area contributed by atoms with Crippen LogP contribution in [0.4, 0.5) is 0 Å². The van der Waals surface area contributed by atoms with Gasteiger partial charge in [-0.3, -0.25) is 4.79 Å². The summed E-state index contributed by atoms with van der Waals surface area (Å²) in [6.45, 7) is 0. The average molecular weight is 368 g/mol. The number of halogens is 2. The van der Waals surface area contributed by atoms with Gasteiger partial charge >= 0.3 is 0 Å². The number of benzene rings is 1. The van der Waals surface area contributed by atoms with Gasteiger partial charge in [-0.1, -0.05) is 35.0 Å². The lowest BCUT2D eigenvalue weighted by Crippen LogP contribution is -2.26. The Kier molecular flexibility index (Phi) is 5.05. The van der Waals surface area contributed by atoms with E-state index >= 15 is 0 Å². The van der Waals surface area contributed by atoms with Crippen LogP contribution in [0, 0.1) is 0 Å². The molecule has 1 aromatic carbocycles. The molecule has 0 spiro atoms. The predicted octanol–water partition coefficient (Wildman–Crippen LogP) is 3.75. The Morgan fingerprint density at radius 2 is 2.22 bits per heavy atom. The molecular formula is C15H11Cl2N3O2S.